The van der Waals surface area contributed by atoms with Gasteiger partial charge in [-0.3, -0.25) is 19.3 Å². The summed E-state index contributed by atoms with van der Waals surface area (Å²) in [5, 5.41) is 0.209. The molecule has 2 heterocycles. The molecule has 172 valence electrons. The van der Waals surface area contributed by atoms with Crippen LogP contribution < -0.4 is 9.47 Å². The monoisotopic (exact) mass is 486 g/mol. The number of amides is 3. The number of methoxy groups -OCH3 is 1. The number of ether oxygens (including phenoxy) is 2. The Bertz CT molecular complexity index is 1100. The van der Waals surface area contributed by atoms with Crippen LogP contribution in [0.5, 0.6) is 11.5 Å². The molecule has 2 aliphatic heterocycles. The molecule has 9 heteroatoms. The first-order chi connectivity index (χ1) is 15.9. The lowest BCUT2D eigenvalue weighted by Gasteiger charge is -2.18. The minimum Gasteiger partial charge on any atom is -0.493 e. The number of thioether (sulfide) groups is 1. The zero-order chi connectivity index (χ0) is 23.4. The Hall–Kier alpha value is -2.97. The number of likely N-dealkylation sites (tertiary alicyclic amines) is 1. The predicted molar refractivity (Wildman–Crippen MR) is 127 cm³/mol. The average molecular weight is 487 g/mol. The van der Waals surface area contributed by atoms with Crippen molar-refractivity contribution in [3.05, 3.63) is 63.5 Å². The minimum absolute atomic E-state index is 0.196. The second kappa shape index (κ2) is 10.3. The van der Waals surface area contributed by atoms with Gasteiger partial charge in [0.25, 0.3) is 11.1 Å². The van der Waals surface area contributed by atoms with E-state index in [9.17, 15) is 14.4 Å². The summed E-state index contributed by atoms with van der Waals surface area (Å²) >= 11 is 6.76. The fourth-order valence-electron chi connectivity index (χ4n) is 3.63. The highest BCUT2D eigenvalue weighted by Crippen LogP contribution is 2.35. The van der Waals surface area contributed by atoms with E-state index in [-0.39, 0.29) is 17.4 Å². The highest BCUT2D eigenvalue weighted by molar-refractivity contribution is 8.18. The zero-order valence-corrected chi connectivity index (χ0v) is 19.7. The number of hydrogen-bond donors (Lipinski definition) is 0. The van der Waals surface area contributed by atoms with E-state index < -0.39 is 11.1 Å². The van der Waals surface area contributed by atoms with Crippen LogP contribution in [0.1, 0.15) is 24.0 Å². The van der Waals surface area contributed by atoms with Crippen LogP contribution in [0.3, 0.4) is 0 Å². The standard InChI is InChI=1S/C24H23ClN2O5S/c1-31-19-9-6-17(12-20(19)32-15-16-4-7-18(25)8-5-16)13-21-23(29)27(24(30)33-21)14-22(28)26-10-2-3-11-26/h4-9,12-13H,2-3,10-11,14-15H2,1H3/b21-13-. The Morgan fingerprint density at radius 2 is 1.82 bits per heavy atom. The van der Waals surface area contributed by atoms with E-state index in [1.54, 1.807) is 48.4 Å². The molecule has 3 amide bonds. The maximum atomic E-state index is 12.8. The van der Waals surface area contributed by atoms with Gasteiger partial charge in [-0.1, -0.05) is 29.8 Å². The van der Waals surface area contributed by atoms with Crippen LogP contribution in [0.15, 0.2) is 47.4 Å². The van der Waals surface area contributed by atoms with Crippen molar-refractivity contribution in [2.75, 3.05) is 26.7 Å². The summed E-state index contributed by atoms with van der Waals surface area (Å²) in [6.45, 7) is 1.44. The van der Waals surface area contributed by atoms with Crippen molar-refractivity contribution >= 4 is 46.5 Å². The summed E-state index contributed by atoms with van der Waals surface area (Å²) in [7, 11) is 1.55. The van der Waals surface area contributed by atoms with Crippen molar-refractivity contribution in [3.8, 4) is 11.5 Å². The summed E-state index contributed by atoms with van der Waals surface area (Å²) in [5.41, 5.74) is 1.62. The number of rotatable bonds is 7. The molecule has 2 aromatic carbocycles. The maximum Gasteiger partial charge on any atom is 0.294 e. The molecule has 33 heavy (non-hydrogen) atoms. The molecule has 4 rings (SSSR count). The van der Waals surface area contributed by atoms with Gasteiger partial charge in [-0.05, 0) is 66.1 Å². The molecule has 2 aliphatic rings. The van der Waals surface area contributed by atoms with Crippen molar-refractivity contribution in [1.29, 1.82) is 0 Å². The second-order valence-electron chi connectivity index (χ2n) is 7.68. The maximum absolute atomic E-state index is 12.8. The van der Waals surface area contributed by atoms with Crippen molar-refractivity contribution < 1.29 is 23.9 Å². The molecule has 0 aromatic heterocycles. The van der Waals surface area contributed by atoms with E-state index in [4.69, 9.17) is 21.1 Å². The van der Waals surface area contributed by atoms with Crippen LogP contribution in [0.4, 0.5) is 4.79 Å². The lowest BCUT2D eigenvalue weighted by atomic mass is 10.1. The van der Waals surface area contributed by atoms with E-state index in [0.29, 0.717) is 41.8 Å². The van der Waals surface area contributed by atoms with Crippen LogP contribution in [-0.2, 0) is 16.2 Å². The first kappa shape index (κ1) is 23.2. The van der Waals surface area contributed by atoms with E-state index >= 15 is 0 Å². The lowest BCUT2D eigenvalue weighted by molar-refractivity contribution is -0.135. The van der Waals surface area contributed by atoms with Gasteiger partial charge in [-0.25, -0.2) is 0 Å². The molecule has 0 saturated carbocycles. The number of halogens is 1. The van der Waals surface area contributed by atoms with Crippen molar-refractivity contribution in [2.24, 2.45) is 0 Å². The van der Waals surface area contributed by atoms with Gasteiger partial charge in [-0.2, -0.15) is 0 Å². The van der Waals surface area contributed by atoms with Gasteiger partial charge in [-0.15, -0.1) is 0 Å². The van der Waals surface area contributed by atoms with E-state index in [0.717, 1.165) is 35.1 Å². The van der Waals surface area contributed by atoms with Gasteiger partial charge < -0.3 is 14.4 Å². The number of nitrogens with zero attached hydrogens (tertiary/aromatic N) is 2. The van der Waals surface area contributed by atoms with Crippen LogP contribution in [0.25, 0.3) is 6.08 Å². The second-order valence-corrected chi connectivity index (χ2v) is 9.11. The van der Waals surface area contributed by atoms with Gasteiger partial charge >= 0.3 is 0 Å². The quantitative estimate of drug-likeness (QED) is 0.533. The number of hydrogen-bond acceptors (Lipinski definition) is 6. The van der Waals surface area contributed by atoms with Crippen molar-refractivity contribution in [2.45, 2.75) is 19.4 Å². The Balaban J connectivity index is 1.47. The molecule has 2 saturated heterocycles. The lowest BCUT2D eigenvalue weighted by Crippen LogP contribution is -2.40. The molecule has 0 bridgehead atoms. The van der Waals surface area contributed by atoms with Crippen LogP contribution in [0, 0.1) is 0 Å². The SMILES string of the molecule is COc1ccc(/C=C2\SC(=O)N(CC(=O)N3CCCC3)C2=O)cc1OCc1ccc(Cl)cc1. The topological polar surface area (TPSA) is 76.2 Å². The normalized spacial score (nSPS) is 17.2. The molecule has 0 radical (unpaired) electrons. The molecular weight excluding hydrogens is 464 g/mol. The Morgan fingerprint density at radius 3 is 2.52 bits per heavy atom. The van der Waals surface area contributed by atoms with Gasteiger partial charge in [0.05, 0.1) is 12.0 Å². The Morgan fingerprint density at radius 1 is 1.09 bits per heavy atom. The van der Waals surface area contributed by atoms with Crippen LogP contribution in [-0.4, -0.2) is 53.6 Å². The molecule has 0 aliphatic carbocycles. The largest absolute Gasteiger partial charge is 0.493 e. The molecular formula is C24H23ClN2O5S. The van der Waals surface area contributed by atoms with E-state index in [1.165, 1.54) is 0 Å². The average Bonchev–Trinajstić information content (AvgIpc) is 3.44. The number of benzene rings is 2. The van der Waals surface area contributed by atoms with E-state index in [1.807, 2.05) is 12.1 Å². The number of imide groups is 1. The highest BCUT2D eigenvalue weighted by Gasteiger charge is 2.37. The highest BCUT2D eigenvalue weighted by atomic mass is 35.5. The van der Waals surface area contributed by atoms with Gasteiger partial charge in [0, 0.05) is 18.1 Å². The molecule has 0 atom stereocenters. The summed E-state index contributed by atoms with van der Waals surface area (Å²) < 4.78 is 11.3. The van der Waals surface area contributed by atoms with Gasteiger partial charge in [0.1, 0.15) is 13.2 Å². The molecule has 0 unspecified atom stereocenters. The third-order valence-corrected chi connectivity index (χ3v) is 6.58. The number of carbonyl (C=O) groups is 3. The molecule has 2 fully saturated rings. The third-order valence-electron chi connectivity index (χ3n) is 5.42. The first-order valence-corrected chi connectivity index (χ1v) is 11.7. The smallest absolute Gasteiger partial charge is 0.294 e. The number of carbonyl (C=O) groups excluding carboxylic acids is 3. The minimum atomic E-state index is -0.461. The molecule has 7 nitrogen and oxygen atoms in total. The van der Waals surface area contributed by atoms with Crippen molar-refractivity contribution in [3.63, 3.8) is 0 Å². The summed E-state index contributed by atoms with van der Waals surface area (Å²) in [5.74, 6) is 0.394. The third kappa shape index (κ3) is 5.51. The Kier molecular flexibility index (Phi) is 7.25. The molecule has 0 spiro atoms. The summed E-state index contributed by atoms with van der Waals surface area (Å²) in [4.78, 5) is 40.6. The summed E-state index contributed by atoms with van der Waals surface area (Å²) in [6, 6.07) is 12.6. The molecule has 2 aromatic rings. The van der Waals surface area contributed by atoms with Crippen molar-refractivity contribution in [1.82, 2.24) is 9.80 Å². The molecule has 0 N–H and O–H groups in total. The fourth-order valence-corrected chi connectivity index (χ4v) is 4.59. The van der Waals surface area contributed by atoms with Gasteiger partial charge in [0.15, 0.2) is 11.5 Å². The summed E-state index contributed by atoms with van der Waals surface area (Å²) in [6.07, 6.45) is 3.53. The Labute approximate surface area is 201 Å². The van der Waals surface area contributed by atoms with E-state index in [2.05, 4.69) is 0 Å². The van der Waals surface area contributed by atoms with Gasteiger partial charge in [0.2, 0.25) is 5.91 Å². The zero-order valence-electron chi connectivity index (χ0n) is 18.1. The predicted octanol–water partition coefficient (Wildman–Crippen LogP) is 4.59. The first-order valence-electron chi connectivity index (χ1n) is 10.5. The fraction of sp³-hybridized carbons (Fsp3) is 0.292. The van der Waals surface area contributed by atoms with Crippen LogP contribution in [0.2, 0.25) is 5.02 Å². The van der Waals surface area contributed by atoms with Crippen LogP contribution >= 0.6 is 23.4 Å².